The van der Waals surface area contributed by atoms with Crippen molar-refractivity contribution in [3.63, 3.8) is 0 Å². The third-order valence-electron chi connectivity index (χ3n) is 8.25. The molecule has 0 radical (unpaired) electrons. The standard InChI is InChI=1S/C33H33N5O5/c1-22(10-8-9-17-37-19-27(34-35-37)25(20-39)23-11-4-3-5-12-23)33(42)26-18-24(15-16-28(26)36(2)32(33)41)38-29-13-6-7-14-30(29)43-21-31(38)40/h3-8,10-16,18-19,22,25,39,42H,9,17,20-21H2,1-2H3/b10-8+/t22-,25?,33+/m0/s1. The number of hydrogen-bond acceptors (Lipinski definition) is 7. The van der Waals surface area contributed by atoms with Gasteiger partial charge in [-0.1, -0.05) is 66.8 Å². The highest BCUT2D eigenvalue weighted by molar-refractivity contribution is 6.09. The molecule has 0 spiro atoms. The van der Waals surface area contributed by atoms with Crippen LogP contribution >= 0.6 is 0 Å². The first-order chi connectivity index (χ1) is 20.8. The Hall–Kier alpha value is -4.80. The summed E-state index contributed by atoms with van der Waals surface area (Å²) in [7, 11) is 1.64. The molecule has 3 aromatic carbocycles. The molecule has 6 rings (SSSR count). The maximum absolute atomic E-state index is 13.4. The van der Waals surface area contributed by atoms with Crippen molar-refractivity contribution < 1.29 is 24.5 Å². The Morgan fingerprint density at radius 2 is 1.81 bits per heavy atom. The number of amides is 2. The summed E-state index contributed by atoms with van der Waals surface area (Å²) in [6.45, 7) is 2.17. The summed E-state index contributed by atoms with van der Waals surface area (Å²) >= 11 is 0. The number of rotatable bonds is 9. The summed E-state index contributed by atoms with van der Waals surface area (Å²) in [6.07, 6.45) is 6.17. The Labute approximate surface area is 249 Å². The smallest absolute Gasteiger partial charge is 0.269 e. The highest BCUT2D eigenvalue weighted by Crippen LogP contribution is 2.47. The topological polar surface area (TPSA) is 121 Å². The minimum atomic E-state index is -1.81. The predicted octanol–water partition coefficient (Wildman–Crippen LogP) is 3.91. The first-order valence-electron chi connectivity index (χ1n) is 14.2. The summed E-state index contributed by atoms with van der Waals surface area (Å²) in [5, 5.41) is 30.3. The monoisotopic (exact) mass is 579 g/mol. The van der Waals surface area contributed by atoms with Crippen LogP contribution in [0.15, 0.2) is 91.1 Å². The van der Waals surface area contributed by atoms with Crippen LogP contribution in [-0.4, -0.2) is 57.3 Å². The van der Waals surface area contributed by atoms with Gasteiger partial charge in [0.25, 0.3) is 11.8 Å². The molecule has 2 amide bonds. The average molecular weight is 580 g/mol. The molecule has 0 saturated carbocycles. The number of allylic oxidation sites excluding steroid dienone is 1. The number of hydrogen-bond donors (Lipinski definition) is 2. The quantitative estimate of drug-likeness (QED) is 0.289. The molecule has 1 aromatic heterocycles. The van der Waals surface area contributed by atoms with Crippen molar-refractivity contribution in [1.82, 2.24) is 15.0 Å². The molecule has 4 aromatic rings. The van der Waals surface area contributed by atoms with Gasteiger partial charge < -0.3 is 19.8 Å². The lowest BCUT2D eigenvalue weighted by molar-refractivity contribution is -0.139. The molecule has 2 aliphatic rings. The maximum atomic E-state index is 13.4. The molecule has 43 heavy (non-hydrogen) atoms. The molecule has 0 bridgehead atoms. The lowest BCUT2D eigenvalue weighted by Crippen LogP contribution is -2.43. The van der Waals surface area contributed by atoms with Gasteiger partial charge in [-0.15, -0.1) is 5.10 Å². The number of likely N-dealkylation sites (N-methyl/N-ethyl adjacent to an activating group) is 1. The number of aliphatic hydroxyl groups is 2. The number of para-hydroxylation sites is 2. The molecule has 2 aliphatic heterocycles. The molecule has 3 heterocycles. The number of anilines is 3. The van der Waals surface area contributed by atoms with Gasteiger partial charge in [-0.05, 0) is 42.3 Å². The van der Waals surface area contributed by atoms with Crippen LogP contribution in [0, 0.1) is 5.92 Å². The number of aromatic nitrogens is 3. The minimum Gasteiger partial charge on any atom is -0.482 e. The lowest BCUT2D eigenvalue weighted by atomic mass is 9.82. The number of fused-ring (bicyclic) bond motifs is 2. The molecule has 220 valence electrons. The van der Waals surface area contributed by atoms with Crippen LogP contribution in [0.4, 0.5) is 17.1 Å². The second-order valence-corrected chi connectivity index (χ2v) is 10.9. The molecule has 10 heteroatoms. The Balaban J connectivity index is 1.19. The Morgan fingerprint density at radius 1 is 1.05 bits per heavy atom. The van der Waals surface area contributed by atoms with Crippen molar-refractivity contribution in [2.75, 3.05) is 30.1 Å². The van der Waals surface area contributed by atoms with E-state index in [0.29, 0.717) is 47.0 Å². The van der Waals surface area contributed by atoms with E-state index < -0.39 is 17.4 Å². The van der Waals surface area contributed by atoms with Gasteiger partial charge in [-0.25, -0.2) is 0 Å². The third-order valence-corrected chi connectivity index (χ3v) is 8.25. The van der Waals surface area contributed by atoms with Crippen LogP contribution in [-0.2, 0) is 21.7 Å². The summed E-state index contributed by atoms with van der Waals surface area (Å²) < 4.78 is 7.31. The number of ether oxygens (including phenoxy) is 1. The summed E-state index contributed by atoms with van der Waals surface area (Å²) in [5.74, 6) is -0.888. The fourth-order valence-corrected chi connectivity index (χ4v) is 5.85. The largest absolute Gasteiger partial charge is 0.482 e. The Kier molecular flexibility index (Phi) is 7.55. The normalized spacial score (nSPS) is 19.3. The average Bonchev–Trinajstić information content (AvgIpc) is 3.57. The summed E-state index contributed by atoms with van der Waals surface area (Å²) in [6, 6.07) is 22.2. The van der Waals surface area contributed by atoms with Gasteiger partial charge in [0.1, 0.15) is 5.75 Å². The molecule has 1 unspecified atom stereocenters. The van der Waals surface area contributed by atoms with E-state index in [1.54, 1.807) is 53.9 Å². The zero-order valence-electron chi connectivity index (χ0n) is 24.0. The number of benzene rings is 3. The molecule has 0 aliphatic carbocycles. The zero-order chi connectivity index (χ0) is 30.1. The first-order valence-corrected chi connectivity index (χ1v) is 14.2. The highest BCUT2D eigenvalue weighted by atomic mass is 16.5. The number of carbonyl (C=O) groups is 2. The fraction of sp³-hybridized carbons (Fsp3) is 0.273. The molecule has 0 fully saturated rings. The van der Waals surface area contributed by atoms with E-state index in [9.17, 15) is 19.8 Å². The van der Waals surface area contributed by atoms with E-state index >= 15 is 0 Å². The number of aliphatic hydroxyl groups excluding tert-OH is 1. The van der Waals surface area contributed by atoms with Crippen molar-refractivity contribution >= 4 is 28.9 Å². The van der Waals surface area contributed by atoms with Crippen molar-refractivity contribution in [2.24, 2.45) is 5.92 Å². The van der Waals surface area contributed by atoms with Gasteiger partial charge in [-0.2, -0.15) is 0 Å². The van der Waals surface area contributed by atoms with Crippen LogP contribution < -0.4 is 14.5 Å². The molecular formula is C33H33N5O5. The summed E-state index contributed by atoms with van der Waals surface area (Å²) in [4.78, 5) is 29.4. The highest BCUT2D eigenvalue weighted by Gasteiger charge is 2.51. The third kappa shape index (κ3) is 4.98. The second kappa shape index (κ2) is 11.5. The predicted molar refractivity (Wildman–Crippen MR) is 161 cm³/mol. The van der Waals surface area contributed by atoms with Crippen LogP contribution in [0.1, 0.15) is 36.1 Å². The van der Waals surface area contributed by atoms with Crippen molar-refractivity contribution in [2.45, 2.75) is 31.4 Å². The van der Waals surface area contributed by atoms with Gasteiger partial charge in [0, 0.05) is 37.0 Å². The molecule has 3 atom stereocenters. The van der Waals surface area contributed by atoms with Gasteiger partial charge >= 0.3 is 0 Å². The molecule has 10 nitrogen and oxygen atoms in total. The number of aryl methyl sites for hydroxylation is 1. The Morgan fingerprint density at radius 3 is 2.60 bits per heavy atom. The second-order valence-electron chi connectivity index (χ2n) is 10.9. The van der Waals surface area contributed by atoms with E-state index in [2.05, 4.69) is 10.3 Å². The first kappa shape index (κ1) is 28.3. The Bertz CT molecular complexity index is 1690. The van der Waals surface area contributed by atoms with Gasteiger partial charge in [0.15, 0.2) is 12.2 Å². The lowest BCUT2D eigenvalue weighted by Gasteiger charge is -2.31. The van der Waals surface area contributed by atoms with E-state index in [1.165, 1.54) is 4.90 Å². The maximum Gasteiger partial charge on any atom is 0.269 e. The van der Waals surface area contributed by atoms with Gasteiger partial charge in [-0.3, -0.25) is 19.2 Å². The van der Waals surface area contributed by atoms with Crippen molar-refractivity contribution in [1.29, 1.82) is 0 Å². The van der Waals surface area contributed by atoms with Crippen LogP contribution in [0.2, 0.25) is 0 Å². The van der Waals surface area contributed by atoms with Crippen molar-refractivity contribution in [3.05, 3.63) is 108 Å². The summed E-state index contributed by atoms with van der Waals surface area (Å²) in [5.41, 5.74) is 2.05. The number of nitrogens with zero attached hydrogens (tertiary/aromatic N) is 5. The van der Waals surface area contributed by atoms with E-state index in [4.69, 9.17) is 4.74 Å². The zero-order valence-corrected chi connectivity index (χ0v) is 24.0. The van der Waals surface area contributed by atoms with E-state index in [0.717, 1.165) is 5.56 Å². The van der Waals surface area contributed by atoms with E-state index in [1.807, 2.05) is 60.8 Å². The minimum absolute atomic E-state index is 0.0728. The fourth-order valence-electron chi connectivity index (χ4n) is 5.85. The molecule has 2 N–H and O–H groups in total. The van der Waals surface area contributed by atoms with Crippen LogP contribution in [0.25, 0.3) is 0 Å². The number of carbonyl (C=O) groups excluding carboxylic acids is 2. The van der Waals surface area contributed by atoms with Crippen LogP contribution in [0.3, 0.4) is 0 Å². The molecular weight excluding hydrogens is 546 g/mol. The van der Waals surface area contributed by atoms with Gasteiger partial charge in [0.05, 0.1) is 29.6 Å². The van der Waals surface area contributed by atoms with Crippen molar-refractivity contribution in [3.8, 4) is 5.75 Å². The molecule has 0 saturated heterocycles. The SMILES string of the molecule is C[C@@H](/C=C/CCn1cc(C(CO)c2ccccc2)nn1)[C@]1(O)C(=O)N(C)c2ccc(N3C(=O)COc4ccccc43)cc21. The van der Waals surface area contributed by atoms with E-state index in [-0.39, 0.29) is 25.0 Å². The van der Waals surface area contributed by atoms with Crippen LogP contribution in [0.5, 0.6) is 5.75 Å². The van der Waals surface area contributed by atoms with Gasteiger partial charge in [0.2, 0.25) is 0 Å².